The highest BCUT2D eigenvalue weighted by molar-refractivity contribution is 5.94. The van der Waals surface area contributed by atoms with Crippen LogP contribution >= 0.6 is 0 Å². The van der Waals surface area contributed by atoms with E-state index in [1.54, 1.807) is 0 Å². The van der Waals surface area contributed by atoms with E-state index in [0.717, 1.165) is 16.8 Å². The van der Waals surface area contributed by atoms with E-state index in [1.165, 1.54) is 4.68 Å². The number of aromatic nitrogens is 4. The van der Waals surface area contributed by atoms with Gasteiger partial charge in [0.15, 0.2) is 11.6 Å². The van der Waals surface area contributed by atoms with Gasteiger partial charge in [0.25, 0.3) is 5.56 Å². The van der Waals surface area contributed by atoms with Crippen LogP contribution in [0.25, 0.3) is 10.8 Å². The Balaban J connectivity index is 2.24. The van der Waals surface area contributed by atoms with Crippen molar-refractivity contribution in [2.45, 2.75) is 26.8 Å². The van der Waals surface area contributed by atoms with Crippen molar-refractivity contribution in [3.63, 3.8) is 0 Å². The smallest absolute Gasteiger partial charge is 0.275 e. The van der Waals surface area contributed by atoms with Crippen LogP contribution in [-0.2, 0) is 0 Å². The number of aromatic amines is 1. The first-order chi connectivity index (χ1) is 11.4. The van der Waals surface area contributed by atoms with E-state index in [0.29, 0.717) is 17.0 Å². The fourth-order valence-corrected chi connectivity index (χ4v) is 2.57. The Kier molecular flexibility index (Phi) is 4.01. The van der Waals surface area contributed by atoms with Crippen molar-refractivity contribution in [3.8, 4) is 0 Å². The van der Waals surface area contributed by atoms with Gasteiger partial charge in [0.1, 0.15) is 0 Å². The van der Waals surface area contributed by atoms with Gasteiger partial charge in [-0.25, -0.2) is 4.68 Å². The van der Waals surface area contributed by atoms with Gasteiger partial charge in [-0.2, -0.15) is 10.2 Å². The molecule has 1 aromatic carbocycles. The fourth-order valence-electron chi connectivity index (χ4n) is 2.57. The standard InChI is InChI=1S/C17H22N6O/c1-10(2)23-17(24)13-7-6-12(22(4)5)9-14(13)16(21-23)18-15-8-11(3)19-20-15/h6-10H,1-5H3,(H2,18,19,20,21). The summed E-state index contributed by atoms with van der Waals surface area (Å²) in [4.78, 5) is 14.7. The molecule has 126 valence electrons. The molecule has 0 aliphatic carbocycles. The van der Waals surface area contributed by atoms with Gasteiger partial charge in [-0.1, -0.05) is 0 Å². The third-order valence-corrected chi connectivity index (χ3v) is 3.86. The molecule has 24 heavy (non-hydrogen) atoms. The maximum Gasteiger partial charge on any atom is 0.275 e. The molecule has 0 spiro atoms. The van der Waals surface area contributed by atoms with Crippen LogP contribution in [0.4, 0.5) is 17.3 Å². The summed E-state index contributed by atoms with van der Waals surface area (Å²) in [5, 5.41) is 16.3. The van der Waals surface area contributed by atoms with E-state index in [4.69, 9.17) is 0 Å². The molecule has 0 amide bonds. The lowest BCUT2D eigenvalue weighted by Gasteiger charge is -2.17. The van der Waals surface area contributed by atoms with Crippen molar-refractivity contribution >= 4 is 28.1 Å². The molecule has 3 aromatic rings. The van der Waals surface area contributed by atoms with E-state index in [-0.39, 0.29) is 11.6 Å². The Morgan fingerprint density at radius 3 is 2.54 bits per heavy atom. The zero-order chi connectivity index (χ0) is 17.4. The summed E-state index contributed by atoms with van der Waals surface area (Å²) in [6.45, 7) is 5.82. The molecule has 0 atom stereocenters. The Morgan fingerprint density at radius 2 is 1.96 bits per heavy atom. The molecule has 0 saturated heterocycles. The number of hydrogen-bond acceptors (Lipinski definition) is 5. The summed E-state index contributed by atoms with van der Waals surface area (Å²) >= 11 is 0. The lowest BCUT2D eigenvalue weighted by atomic mass is 10.1. The second kappa shape index (κ2) is 5.99. The Hall–Kier alpha value is -2.83. The van der Waals surface area contributed by atoms with Gasteiger partial charge in [0.2, 0.25) is 0 Å². The second-order valence-electron chi connectivity index (χ2n) is 6.38. The number of hydrogen-bond donors (Lipinski definition) is 2. The van der Waals surface area contributed by atoms with Gasteiger partial charge in [0.05, 0.1) is 11.4 Å². The van der Waals surface area contributed by atoms with Gasteiger partial charge >= 0.3 is 0 Å². The number of H-pyrrole nitrogens is 1. The highest BCUT2D eigenvalue weighted by Gasteiger charge is 2.14. The van der Waals surface area contributed by atoms with Gasteiger partial charge < -0.3 is 10.2 Å². The highest BCUT2D eigenvalue weighted by atomic mass is 16.1. The first-order valence-corrected chi connectivity index (χ1v) is 7.89. The molecule has 0 bridgehead atoms. The molecule has 0 radical (unpaired) electrons. The van der Waals surface area contributed by atoms with Crippen molar-refractivity contribution in [1.29, 1.82) is 0 Å². The number of anilines is 3. The number of aryl methyl sites for hydroxylation is 1. The van der Waals surface area contributed by atoms with Crippen LogP contribution in [0.5, 0.6) is 0 Å². The summed E-state index contributed by atoms with van der Waals surface area (Å²) in [7, 11) is 3.93. The van der Waals surface area contributed by atoms with Crippen LogP contribution in [0.3, 0.4) is 0 Å². The van der Waals surface area contributed by atoms with E-state index in [1.807, 2.05) is 64.0 Å². The van der Waals surface area contributed by atoms with Crippen molar-refractivity contribution < 1.29 is 0 Å². The van der Waals surface area contributed by atoms with E-state index in [9.17, 15) is 4.79 Å². The Bertz CT molecular complexity index is 938. The molecule has 0 saturated carbocycles. The van der Waals surface area contributed by atoms with Crippen LogP contribution < -0.4 is 15.8 Å². The molecule has 0 unspecified atom stereocenters. The summed E-state index contributed by atoms with van der Waals surface area (Å²) in [6, 6.07) is 7.63. The molecule has 2 N–H and O–H groups in total. The fraction of sp³-hybridized carbons (Fsp3) is 0.353. The lowest BCUT2D eigenvalue weighted by Crippen LogP contribution is -2.26. The Morgan fingerprint density at radius 1 is 1.21 bits per heavy atom. The molecule has 3 rings (SSSR count). The van der Waals surface area contributed by atoms with Gasteiger partial charge in [-0.15, -0.1) is 0 Å². The van der Waals surface area contributed by atoms with Crippen LogP contribution in [0.2, 0.25) is 0 Å². The molecule has 7 nitrogen and oxygen atoms in total. The summed E-state index contributed by atoms with van der Waals surface area (Å²) in [5.41, 5.74) is 1.87. The number of rotatable bonds is 4. The topological polar surface area (TPSA) is 78.8 Å². The lowest BCUT2D eigenvalue weighted by molar-refractivity contribution is 0.510. The van der Waals surface area contributed by atoms with E-state index in [2.05, 4.69) is 20.6 Å². The van der Waals surface area contributed by atoms with Crippen LogP contribution in [-0.4, -0.2) is 34.1 Å². The highest BCUT2D eigenvalue weighted by Crippen LogP contribution is 2.26. The average molecular weight is 326 g/mol. The average Bonchev–Trinajstić information content (AvgIpc) is 2.94. The summed E-state index contributed by atoms with van der Waals surface area (Å²) in [6.07, 6.45) is 0. The SMILES string of the molecule is Cc1cc(Nc2nn(C(C)C)c(=O)c3ccc(N(C)C)cc23)n[nH]1. The molecule has 2 heterocycles. The third kappa shape index (κ3) is 2.84. The number of fused-ring (bicyclic) bond motifs is 1. The number of nitrogens with zero attached hydrogens (tertiary/aromatic N) is 4. The molecular weight excluding hydrogens is 304 g/mol. The van der Waals surface area contributed by atoms with E-state index >= 15 is 0 Å². The van der Waals surface area contributed by atoms with Gasteiger partial charge in [-0.3, -0.25) is 9.89 Å². The summed E-state index contributed by atoms with van der Waals surface area (Å²) in [5.74, 6) is 1.29. The zero-order valence-electron chi connectivity index (χ0n) is 14.6. The first-order valence-electron chi connectivity index (χ1n) is 7.89. The minimum atomic E-state index is -0.0888. The molecule has 0 fully saturated rings. The number of benzene rings is 1. The van der Waals surface area contributed by atoms with Crippen molar-refractivity contribution in [2.24, 2.45) is 0 Å². The molecule has 0 aliphatic heterocycles. The van der Waals surface area contributed by atoms with Gasteiger partial charge in [0, 0.05) is 36.9 Å². The largest absolute Gasteiger partial charge is 0.378 e. The zero-order valence-corrected chi connectivity index (χ0v) is 14.6. The monoisotopic (exact) mass is 326 g/mol. The molecule has 7 heteroatoms. The second-order valence-corrected chi connectivity index (χ2v) is 6.38. The molecular formula is C17H22N6O. The van der Waals surface area contributed by atoms with E-state index < -0.39 is 0 Å². The minimum absolute atomic E-state index is 0.0307. The van der Waals surface area contributed by atoms with Crippen molar-refractivity contribution in [3.05, 3.63) is 40.3 Å². The third-order valence-electron chi connectivity index (χ3n) is 3.86. The van der Waals surface area contributed by atoms with Gasteiger partial charge in [-0.05, 0) is 39.0 Å². The maximum absolute atomic E-state index is 12.7. The number of nitrogens with one attached hydrogen (secondary N) is 2. The van der Waals surface area contributed by atoms with Crippen LogP contribution in [0, 0.1) is 6.92 Å². The predicted molar refractivity (Wildman–Crippen MR) is 97.3 cm³/mol. The van der Waals surface area contributed by atoms with Crippen molar-refractivity contribution in [2.75, 3.05) is 24.3 Å². The van der Waals surface area contributed by atoms with Crippen LogP contribution in [0.15, 0.2) is 29.1 Å². The van der Waals surface area contributed by atoms with Crippen molar-refractivity contribution in [1.82, 2.24) is 20.0 Å². The predicted octanol–water partition coefficient (Wildman–Crippen LogP) is 2.82. The molecule has 0 aliphatic rings. The Labute approximate surface area is 140 Å². The minimum Gasteiger partial charge on any atom is -0.378 e. The maximum atomic E-state index is 12.7. The molecule has 2 aromatic heterocycles. The van der Waals surface area contributed by atoms with Crippen LogP contribution in [0.1, 0.15) is 25.6 Å². The normalized spacial score (nSPS) is 11.2. The summed E-state index contributed by atoms with van der Waals surface area (Å²) < 4.78 is 1.50. The quantitative estimate of drug-likeness (QED) is 0.771. The first kappa shape index (κ1) is 16.0.